The van der Waals surface area contributed by atoms with Gasteiger partial charge in [0.15, 0.2) is 0 Å². The van der Waals surface area contributed by atoms with Gasteiger partial charge in [-0.05, 0) is 51.2 Å². The van der Waals surface area contributed by atoms with Crippen molar-refractivity contribution in [1.29, 1.82) is 0 Å². The summed E-state index contributed by atoms with van der Waals surface area (Å²) in [7, 11) is -4.81. The first kappa shape index (κ1) is 22.0. The molecule has 0 aromatic heterocycles. The molecule has 0 amide bonds. The summed E-state index contributed by atoms with van der Waals surface area (Å²) in [5, 5.41) is 9.92. The Morgan fingerprint density at radius 3 is 1.85 bits per heavy atom. The first-order valence-corrected chi connectivity index (χ1v) is 9.80. The Hall–Kier alpha value is -1.27. The van der Waals surface area contributed by atoms with E-state index in [2.05, 4.69) is 4.74 Å². The van der Waals surface area contributed by atoms with Crippen molar-refractivity contribution in [3.63, 3.8) is 0 Å². The van der Waals surface area contributed by atoms with Gasteiger partial charge in [0.1, 0.15) is 16.2 Å². The molecular weight excluding hydrogens is 633 g/mol. The molecule has 0 spiro atoms. The van der Waals surface area contributed by atoms with Crippen molar-refractivity contribution in [3.05, 3.63) is 47.9 Å². The summed E-state index contributed by atoms with van der Waals surface area (Å²) in [6.07, 6.45) is 0. The maximum absolute atomic E-state index is 13.6. The zero-order chi connectivity index (χ0) is 20.8. The maximum Gasteiger partial charge on any atom is 0.347 e. The minimum absolute atomic E-state index is 0.290. The summed E-state index contributed by atoms with van der Waals surface area (Å²) >= 11 is 2.62. The lowest BCUT2D eigenvalue weighted by molar-refractivity contribution is 0.0712. The number of phenols is 1. The smallest absolute Gasteiger partial charge is 0.347 e. The first-order chi connectivity index (χ1) is 12.3. The lowest BCUT2D eigenvalue weighted by atomic mass is 10.2. The number of halogens is 7. The van der Waals surface area contributed by atoms with Gasteiger partial charge in [0, 0.05) is 3.57 Å². The molecule has 0 fully saturated rings. The molecule has 0 saturated carbocycles. The highest BCUT2D eigenvalue weighted by Crippen LogP contribution is 2.36. The number of carbonyl (C=O) groups is 1. The monoisotopic (exact) mass is 636 g/mol. The van der Waals surface area contributed by atoms with E-state index in [4.69, 9.17) is 4.55 Å². The van der Waals surface area contributed by atoms with E-state index in [0.717, 1.165) is 0 Å². The van der Waals surface area contributed by atoms with Crippen molar-refractivity contribution in [1.82, 2.24) is 0 Å². The number of hydrogen-bond donors (Lipinski definition) is 2. The minimum Gasteiger partial charge on any atom is -0.506 e. The molecule has 0 heterocycles. The van der Waals surface area contributed by atoms with Crippen LogP contribution in [0.1, 0.15) is 10.4 Å². The largest absolute Gasteiger partial charge is 0.506 e. The van der Waals surface area contributed by atoms with Crippen LogP contribution in [0.3, 0.4) is 0 Å². The second-order valence-corrected chi connectivity index (χ2v) is 8.26. The minimum atomic E-state index is -4.81. The first-order valence-electron chi connectivity index (χ1n) is 6.21. The molecule has 27 heavy (non-hydrogen) atoms. The number of carbonyl (C=O) groups excluding carboxylic acids is 1. The van der Waals surface area contributed by atoms with Crippen molar-refractivity contribution in [2.45, 2.75) is 4.90 Å². The van der Waals surface area contributed by atoms with Gasteiger partial charge in [0.25, 0.3) is 10.1 Å². The van der Waals surface area contributed by atoms with Gasteiger partial charge in [-0.25, -0.2) is 18.0 Å². The molecule has 0 unspecified atom stereocenters. The lowest BCUT2D eigenvalue weighted by Crippen LogP contribution is -2.15. The second kappa shape index (κ2) is 7.63. The fourth-order valence-electron chi connectivity index (χ4n) is 1.81. The van der Waals surface area contributed by atoms with Crippen LogP contribution in [0.5, 0.6) is 11.5 Å². The fourth-order valence-corrected chi connectivity index (χ4v) is 5.78. The molecule has 2 rings (SSSR count). The van der Waals surface area contributed by atoms with Gasteiger partial charge in [0.05, 0.1) is 3.57 Å². The number of ether oxygens (including phenoxy) is 1. The average molecular weight is 636 g/mol. The van der Waals surface area contributed by atoms with Crippen LogP contribution in [-0.2, 0) is 10.1 Å². The van der Waals surface area contributed by atoms with Crippen LogP contribution in [0.15, 0.2) is 11.0 Å². The summed E-state index contributed by atoms with van der Waals surface area (Å²) in [4.78, 5) is 11.3. The van der Waals surface area contributed by atoms with Crippen LogP contribution >= 0.6 is 45.2 Å². The predicted octanol–water partition coefficient (Wildman–Crippen LogP) is 3.76. The summed E-state index contributed by atoms with van der Waals surface area (Å²) in [6.45, 7) is 0. The van der Waals surface area contributed by atoms with E-state index in [9.17, 15) is 40.3 Å². The number of hydrogen-bond acceptors (Lipinski definition) is 5. The predicted molar refractivity (Wildman–Crippen MR) is 94.5 cm³/mol. The highest BCUT2D eigenvalue weighted by atomic mass is 127. The molecule has 2 aromatic carbocycles. The lowest BCUT2D eigenvalue weighted by Gasteiger charge is -2.12. The molecular formula is C13H3F5I2O6S. The van der Waals surface area contributed by atoms with Gasteiger partial charge in [-0.15, -0.1) is 0 Å². The molecule has 14 heteroatoms. The zero-order valence-electron chi connectivity index (χ0n) is 12.2. The third kappa shape index (κ3) is 3.97. The molecule has 0 aliphatic carbocycles. The average Bonchev–Trinajstić information content (AvgIpc) is 2.57. The molecule has 0 radical (unpaired) electrons. The molecule has 0 aliphatic rings. The van der Waals surface area contributed by atoms with E-state index in [-0.39, 0.29) is 3.57 Å². The Bertz CT molecular complexity index is 1060. The summed E-state index contributed by atoms with van der Waals surface area (Å²) in [6, 6.07) is 0.676. The van der Waals surface area contributed by atoms with Crippen LogP contribution in [-0.4, -0.2) is 24.0 Å². The van der Waals surface area contributed by atoms with Crippen molar-refractivity contribution in [2.75, 3.05) is 0 Å². The summed E-state index contributed by atoms with van der Waals surface area (Å²) in [5.41, 5.74) is -0.847. The third-order valence-electron chi connectivity index (χ3n) is 2.99. The van der Waals surface area contributed by atoms with Gasteiger partial charge in [-0.1, -0.05) is 0 Å². The highest BCUT2D eigenvalue weighted by Gasteiger charge is 2.31. The van der Waals surface area contributed by atoms with E-state index in [1.165, 1.54) is 45.2 Å². The molecule has 2 N–H and O–H groups in total. The third-order valence-corrected chi connectivity index (χ3v) is 6.57. The van der Waals surface area contributed by atoms with Gasteiger partial charge >= 0.3 is 5.97 Å². The van der Waals surface area contributed by atoms with Crippen LogP contribution in [0.4, 0.5) is 22.0 Å². The second-order valence-electron chi connectivity index (χ2n) is 4.66. The summed E-state index contributed by atoms with van der Waals surface area (Å²) in [5.74, 6) is -16.7. The topological polar surface area (TPSA) is 101 Å². The number of rotatable bonds is 3. The van der Waals surface area contributed by atoms with Crippen LogP contribution < -0.4 is 4.74 Å². The van der Waals surface area contributed by atoms with E-state index in [0.29, 0.717) is 6.07 Å². The number of benzene rings is 2. The molecule has 2 aromatic rings. The van der Waals surface area contributed by atoms with Crippen molar-refractivity contribution >= 4 is 61.3 Å². The van der Waals surface area contributed by atoms with Crippen LogP contribution in [0, 0.1) is 36.2 Å². The molecule has 146 valence electrons. The van der Waals surface area contributed by atoms with Gasteiger partial charge < -0.3 is 9.84 Å². The van der Waals surface area contributed by atoms with Gasteiger partial charge in [-0.2, -0.15) is 17.2 Å². The standard InChI is InChI=1S/C13H3F5I2O6S/c14-4-5(15)7(17)11(8(18)6(4)16)26-13(22)2-1-3(19)12(27(23,24)25)9(20)10(2)21/h1,21H,(H,23,24,25). The molecule has 0 bridgehead atoms. The maximum atomic E-state index is 13.6. The Labute approximate surface area is 174 Å². The van der Waals surface area contributed by atoms with Crippen LogP contribution in [0.25, 0.3) is 0 Å². The molecule has 0 saturated heterocycles. The zero-order valence-corrected chi connectivity index (χ0v) is 17.3. The van der Waals surface area contributed by atoms with Gasteiger partial charge in [0.2, 0.25) is 34.8 Å². The SMILES string of the molecule is O=C(Oc1c(F)c(F)c(F)c(F)c1F)c1cc(I)c(S(=O)(=O)O)c(I)c1O. The van der Waals surface area contributed by atoms with Crippen molar-refractivity contribution in [3.8, 4) is 11.5 Å². The van der Waals surface area contributed by atoms with E-state index >= 15 is 0 Å². The van der Waals surface area contributed by atoms with Crippen molar-refractivity contribution < 1.29 is 49.6 Å². The number of esters is 1. The fraction of sp³-hybridized carbons (Fsp3) is 0. The Morgan fingerprint density at radius 1 is 0.963 bits per heavy atom. The van der Waals surface area contributed by atoms with Gasteiger partial charge in [-0.3, -0.25) is 4.55 Å². The molecule has 6 nitrogen and oxygen atoms in total. The normalized spacial score (nSPS) is 11.6. The van der Waals surface area contributed by atoms with Crippen molar-refractivity contribution in [2.24, 2.45) is 0 Å². The van der Waals surface area contributed by atoms with E-state index in [1.807, 2.05) is 0 Å². The Morgan fingerprint density at radius 2 is 1.41 bits per heavy atom. The van der Waals surface area contributed by atoms with E-state index in [1.54, 1.807) is 0 Å². The summed E-state index contributed by atoms with van der Waals surface area (Å²) < 4.78 is 102. The van der Waals surface area contributed by atoms with Crippen LogP contribution in [0.2, 0.25) is 0 Å². The number of phenolic OH excluding ortho intramolecular Hbond substituents is 1. The Balaban J connectivity index is 2.59. The van der Waals surface area contributed by atoms with E-state index < -0.39 is 70.7 Å². The molecule has 0 aliphatic heterocycles. The molecule has 0 atom stereocenters. The number of aromatic hydroxyl groups is 1. The highest BCUT2D eigenvalue weighted by molar-refractivity contribution is 14.1. The quantitative estimate of drug-likeness (QED) is 0.101. The Kier molecular flexibility index (Phi) is 6.22.